The number of aliphatic carboxylic acids is 1. The maximum atomic E-state index is 12.7. The quantitative estimate of drug-likeness (QED) is 0.636. The topological polar surface area (TPSA) is 95.9 Å². The van der Waals surface area contributed by atoms with Gasteiger partial charge in [-0.1, -0.05) is 30.3 Å². The van der Waals surface area contributed by atoms with E-state index in [0.29, 0.717) is 32.2 Å². The molecule has 1 aliphatic rings. The molecule has 7 heteroatoms. The second-order valence-corrected chi connectivity index (χ2v) is 6.75. The molecular weight excluding hydrogens is 348 g/mol. The highest BCUT2D eigenvalue weighted by molar-refractivity contribution is 5.88. The number of esters is 1. The second kappa shape index (κ2) is 10.1. The van der Waals surface area contributed by atoms with Crippen LogP contribution in [-0.4, -0.2) is 59.1 Å². The molecule has 0 aliphatic carbocycles. The van der Waals surface area contributed by atoms with Crippen LogP contribution >= 0.6 is 0 Å². The number of likely N-dealkylation sites (tertiary alicyclic amines) is 1. The van der Waals surface area contributed by atoms with E-state index in [0.717, 1.165) is 5.56 Å². The van der Waals surface area contributed by atoms with Gasteiger partial charge in [-0.15, -0.1) is 0 Å². The number of hydrogen-bond acceptors (Lipinski definition) is 5. The van der Waals surface area contributed by atoms with Crippen LogP contribution in [0, 0.1) is 0 Å². The maximum Gasteiger partial charge on any atom is 0.326 e. The molecule has 0 radical (unpaired) electrons. The van der Waals surface area contributed by atoms with E-state index in [1.54, 1.807) is 13.8 Å². The van der Waals surface area contributed by atoms with Gasteiger partial charge in [-0.3, -0.25) is 14.9 Å². The number of hydrogen-bond donors (Lipinski definition) is 2. The van der Waals surface area contributed by atoms with Gasteiger partial charge in [-0.25, -0.2) is 4.79 Å². The van der Waals surface area contributed by atoms with Gasteiger partial charge in [-0.05, 0) is 45.1 Å². The molecule has 1 heterocycles. The predicted molar refractivity (Wildman–Crippen MR) is 100 cm³/mol. The molecule has 1 fully saturated rings. The summed E-state index contributed by atoms with van der Waals surface area (Å²) in [6.45, 7) is 4.09. The zero-order chi connectivity index (χ0) is 19.8. The number of nitrogens with zero attached hydrogens (tertiary/aromatic N) is 1. The highest BCUT2D eigenvalue weighted by Crippen LogP contribution is 2.19. The largest absolute Gasteiger partial charge is 0.480 e. The Kier molecular flexibility index (Phi) is 7.79. The van der Waals surface area contributed by atoms with Gasteiger partial charge < -0.3 is 14.7 Å². The number of ether oxygens (including phenoxy) is 1. The number of benzene rings is 1. The smallest absolute Gasteiger partial charge is 0.326 e. The minimum Gasteiger partial charge on any atom is -0.480 e. The van der Waals surface area contributed by atoms with E-state index < -0.39 is 30.1 Å². The van der Waals surface area contributed by atoms with Gasteiger partial charge >= 0.3 is 11.9 Å². The number of rotatable bonds is 9. The lowest BCUT2D eigenvalue weighted by Gasteiger charge is -2.27. The molecule has 1 aromatic rings. The average Bonchev–Trinajstić information content (AvgIpc) is 3.15. The third kappa shape index (κ3) is 5.79. The van der Waals surface area contributed by atoms with Gasteiger partial charge in [0.25, 0.3) is 0 Å². The van der Waals surface area contributed by atoms with Crippen molar-refractivity contribution in [2.75, 3.05) is 13.2 Å². The molecule has 0 aromatic heterocycles. The van der Waals surface area contributed by atoms with Crippen molar-refractivity contribution < 1.29 is 24.2 Å². The molecule has 2 N–H and O–H groups in total. The number of carboxylic acid groups (broad SMARTS) is 1. The van der Waals surface area contributed by atoms with Gasteiger partial charge in [0.1, 0.15) is 12.1 Å². The monoisotopic (exact) mass is 376 g/mol. The summed E-state index contributed by atoms with van der Waals surface area (Å²) in [5.74, 6) is -1.68. The Morgan fingerprint density at radius 1 is 1.30 bits per heavy atom. The molecule has 0 spiro atoms. The zero-order valence-corrected chi connectivity index (χ0v) is 15.9. The summed E-state index contributed by atoms with van der Waals surface area (Å²) in [5, 5.41) is 12.3. The Morgan fingerprint density at radius 3 is 2.63 bits per heavy atom. The molecule has 27 heavy (non-hydrogen) atoms. The molecule has 2 rings (SSSR count). The van der Waals surface area contributed by atoms with E-state index in [2.05, 4.69) is 5.32 Å². The lowest BCUT2D eigenvalue weighted by Crippen LogP contribution is -2.53. The zero-order valence-electron chi connectivity index (χ0n) is 15.9. The number of nitrogens with one attached hydrogen (secondary N) is 1. The first-order valence-corrected chi connectivity index (χ1v) is 9.44. The third-order valence-electron chi connectivity index (χ3n) is 4.78. The van der Waals surface area contributed by atoms with Crippen molar-refractivity contribution in [1.82, 2.24) is 10.2 Å². The minimum atomic E-state index is -0.987. The van der Waals surface area contributed by atoms with Crippen molar-refractivity contribution >= 4 is 17.8 Å². The fourth-order valence-electron chi connectivity index (χ4n) is 3.38. The molecule has 3 atom stereocenters. The standard InChI is InChI=1S/C20H28N2O5/c1-3-27-20(26)16(12-11-15-8-5-4-6-9-15)21-14(2)18(23)22-13-7-10-17(22)19(24)25/h4-6,8-9,14,16-17,21H,3,7,10-13H2,1-2H3,(H,24,25)/t14?,16?,17-/m1/s1. The summed E-state index contributed by atoms with van der Waals surface area (Å²) in [5.41, 5.74) is 1.10. The fourth-order valence-corrected chi connectivity index (χ4v) is 3.38. The van der Waals surface area contributed by atoms with Gasteiger partial charge in [0, 0.05) is 6.54 Å². The van der Waals surface area contributed by atoms with Crippen LogP contribution in [0.15, 0.2) is 30.3 Å². The summed E-state index contributed by atoms with van der Waals surface area (Å²) in [6, 6.07) is 7.69. The summed E-state index contributed by atoms with van der Waals surface area (Å²) in [6.07, 6.45) is 2.29. The van der Waals surface area contributed by atoms with Crippen molar-refractivity contribution in [2.45, 2.75) is 57.7 Å². The molecule has 1 aromatic carbocycles. The SMILES string of the molecule is CCOC(=O)C(CCc1ccccc1)NC(C)C(=O)N1CCC[C@@H]1C(=O)O. The molecule has 1 saturated heterocycles. The Balaban J connectivity index is 2.01. The highest BCUT2D eigenvalue weighted by atomic mass is 16.5. The van der Waals surface area contributed by atoms with E-state index in [1.807, 2.05) is 30.3 Å². The minimum absolute atomic E-state index is 0.262. The number of carbonyl (C=O) groups is 3. The van der Waals surface area contributed by atoms with Crippen LogP contribution in [0.25, 0.3) is 0 Å². The van der Waals surface area contributed by atoms with Crippen LogP contribution in [0.5, 0.6) is 0 Å². The second-order valence-electron chi connectivity index (χ2n) is 6.75. The fraction of sp³-hybridized carbons (Fsp3) is 0.550. The van der Waals surface area contributed by atoms with Crippen LogP contribution in [-0.2, 0) is 25.5 Å². The Morgan fingerprint density at radius 2 is 2.00 bits per heavy atom. The van der Waals surface area contributed by atoms with Crippen molar-refractivity contribution in [3.63, 3.8) is 0 Å². The Labute approximate surface area is 159 Å². The highest BCUT2D eigenvalue weighted by Gasteiger charge is 2.36. The molecule has 1 aliphatic heterocycles. The molecular formula is C20H28N2O5. The van der Waals surface area contributed by atoms with Gasteiger partial charge in [0.05, 0.1) is 12.6 Å². The Bertz CT molecular complexity index is 649. The number of carbonyl (C=O) groups excluding carboxylic acids is 2. The normalized spacial score (nSPS) is 18.7. The summed E-state index contributed by atoms with van der Waals surface area (Å²) in [7, 11) is 0. The first kappa shape index (κ1) is 20.9. The molecule has 7 nitrogen and oxygen atoms in total. The van der Waals surface area contributed by atoms with E-state index in [9.17, 15) is 19.5 Å². The number of carboxylic acids is 1. The summed E-state index contributed by atoms with van der Waals surface area (Å²) >= 11 is 0. The van der Waals surface area contributed by atoms with Crippen LogP contribution in [0.2, 0.25) is 0 Å². The molecule has 148 valence electrons. The number of aryl methyl sites for hydroxylation is 1. The van der Waals surface area contributed by atoms with E-state index in [-0.39, 0.29) is 12.5 Å². The summed E-state index contributed by atoms with van der Waals surface area (Å²) in [4.78, 5) is 37.7. The molecule has 1 amide bonds. The molecule has 0 bridgehead atoms. The third-order valence-corrected chi connectivity index (χ3v) is 4.78. The van der Waals surface area contributed by atoms with Crippen LogP contribution in [0.1, 0.15) is 38.7 Å². The number of amides is 1. The van der Waals surface area contributed by atoms with Crippen molar-refractivity contribution in [3.8, 4) is 0 Å². The van der Waals surface area contributed by atoms with Crippen LogP contribution in [0.4, 0.5) is 0 Å². The first-order valence-electron chi connectivity index (χ1n) is 9.44. The van der Waals surface area contributed by atoms with Crippen molar-refractivity contribution in [2.24, 2.45) is 0 Å². The van der Waals surface area contributed by atoms with E-state index in [1.165, 1.54) is 4.90 Å². The van der Waals surface area contributed by atoms with Crippen LogP contribution < -0.4 is 5.32 Å². The van der Waals surface area contributed by atoms with Gasteiger partial charge in [0.2, 0.25) is 5.91 Å². The predicted octanol–water partition coefficient (Wildman–Crippen LogP) is 1.60. The van der Waals surface area contributed by atoms with Crippen LogP contribution in [0.3, 0.4) is 0 Å². The Hall–Kier alpha value is -2.41. The first-order chi connectivity index (χ1) is 12.9. The van der Waals surface area contributed by atoms with Gasteiger partial charge in [0.15, 0.2) is 0 Å². The lowest BCUT2D eigenvalue weighted by atomic mass is 10.0. The average molecular weight is 376 g/mol. The summed E-state index contributed by atoms with van der Waals surface area (Å²) < 4.78 is 5.14. The lowest BCUT2D eigenvalue weighted by molar-refractivity contribution is -0.150. The van der Waals surface area contributed by atoms with Gasteiger partial charge in [-0.2, -0.15) is 0 Å². The molecule has 0 saturated carbocycles. The van der Waals surface area contributed by atoms with Crippen molar-refractivity contribution in [1.29, 1.82) is 0 Å². The van der Waals surface area contributed by atoms with E-state index in [4.69, 9.17) is 4.74 Å². The van der Waals surface area contributed by atoms with E-state index >= 15 is 0 Å². The van der Waals surface area contributed by atoms with Crippen molar-refractivity contribution in [3.05, 3.63) is 35.9 Å². The maximum absolute atomic E-state index is 12.7. The molecule has 2 unspecified atom stereocenters.